The molecule has 0 saturated carbocycles. The van der Waals surface area contributed by atoms with E-state index in [1.54, 1.807) is 21.3 Å². The summed E-state index contributed by atoms with van der Waals surface area (Å²) in [7, 11) is 4.84. The van der Waals surface area contributed by atoms with E-state index in [0.717, 1.165) is 30.6 Å². The van der Waals surface area contributed by atoms with E-state index in [1.165, 1.54) is 25.7 Å². The number of ether oxygens (including phenoxy) is 4. The fraction of sp³-hybridized carbons (Fsp3) is 0.538. The number of benzene rings is 2. The van der Waals surface area contributed by atoms with Crippen LogP contribution in [0.5, 0.6) is 5.75 Å². The zero-order valence-electron chi connectivity index (χ0n) is 19.1. The van der Waals surface area contributed by atoms with Gasteiger partial charge in [0.1, 0.15) is 5.75 Å². The molecule has 0 amide bonds. The van der Waals surface area contributed by atoms with Gasteiger partial charge >= 0.3 is 5.97 Å². The SMILES string of the molecule is CCCCCCCCC(Cc1ccccc1)(Oc1ccccc1)C(OC)(OC)OC. The summed E-state index contributed by atoms with van der Waals surface area (Å²) < 4.78 is 24.3. The largest absolute Gasteiger partial charge is 0.478 e. The molecule has 4 nitrogen and oxygen atoms in total. The quantitative estimate of drug-likeness (QED) is 0.250. The van der Waals surface area contributed by atoms with Gasteiger partial charge in [-0.2, -0.15) is 0 Å². The van der Waals surface area contributed by atoms with Crippen LogP contribution in [0.3, 0.4) is 0 Å². The highest BCUT2D eigenvalue weighted by atomic mass is 16.9. The molecule has 0 aliphatic heterocycles. The molecule has 2 rings (SSSR count). The van der Waals surface area contributed by atoms with Crippen molar-refractivity contribution in [2.45, 2.75) is 69.9 Å². The summed E-state index contributed by atoms with van der Waals surface area (Å²) in [5, 5.41) is 0. The van der Waals surface area contributed by atoms with Crippen LogP contribution in [-0.4, -0.2) is 32.9 Å². The Morgan fingerprint density at radius 2 is 1.20 bits per heavy atom. The number of unbranched alkanes of at least 4 members (excludes halogenated alkanes) is 5. The van der Waals surface area contributed by atoms with Crippen molar-refractivity contribution in [1.29, 1.82) is 0 Å². The fourth-order valence-electron chi connectivity index (χ4n) is 4.14. The lowest BCUT2D eigenvalue weighted by Gasteiger charge is -2.46. The number of hydrogen-bond donors (Lipinski definition) is 0. The van der Waals surface area contributed by atoms with Crippen molar-refractivity contribution in [2.75, 3.05) is 21.3 Å². The first-order chi connectivity index (χ1) is 14.6. The summed E-state index contributed by atoms with van der Waals surface area (Å²) in [6, 6.07) is 20.2. The number of hydrogen-bond acceptors (Lipinski definition) is 4. The van der Waals surface area contributed by atoms with Crippen molar-refractivity contribution in [1.82, 2.24) is 0 Å². The highest BCUT2D eigenvalue weighted by Crippen LogP contribution is 2.40. The van der Waals surface area contributed by atoms with Gasteiger partial charge in [-0.15, -0.1) is 0 Å². The molecule has 4 heteroatoms. The smallest absolute Gasteiger partial charge is 0.324 e. The molecule has 0 heterocycles. The molecule has 2 aromatic carbocycles. The Bertz CT molecular complexity index is 633. The Morgan fingerprint density at radius 3 is 1.77 bits per heavy atom. The maximum absolute atomic E-state index is 6.70. The maximum Gasteiger partial charge on any atom is 0.324 e. The van der Waals surface area contributed by atoms with Crippen LogP contribution in [-0.2, 0) is 20.6 Å². The topological polar surface area (TPSA) is 36.9 Å². The first-order valence-corrected chi connectivity index (χ1v) is 11.1. The minimum Gasteiger partial charge on any atom is -0.478 e. The zero-order valence-corrected chi connectivity index (χ0v) is 19.1. The Kier molecular flexibility index (Phi) is 10.4. The Hall–Kier alpha value is -1.88. The van der Waals surface area contributed by atoms with Gasteiger partial charge in [-0.05, 0) is 30.5 Å². The Labute approximate surface area is 182 Å². The highest BCUT2D eigenvalue weighted by molar-refractivity contribution is 5.25. The number of rotatable bonds is 15. The summed E-state index contributed by atoms with van der Waals surface area (Å²) in [5.74, 6) is -0.558. The van der Waals surface area contributed by atoms with E-state index in [0.29, 0.717) is 6.42 Å². The van der Waals surface area contributed by atoms with Crippen molar-refractivity contribution in [3.05, 3.63) is 66.2 Å². The second-order valence-electron chi connectivity index (χ2n) is 7.76. The van der Waals surface area contributed by atoms with Crippen LogP contribution in [0.1, 0.15) is 57.4 Å². The molecule has 0 bridgehead atoms. The monoisotopic (exact) mass is 414 g/mol. The molecule has 1 atom stereocenters. The van der Waals surface area contributed by atoms with Crippen LogP contribution < -0.4 is 4.74 Å². The normalized spacial score (nSPS) is 13.7. The van der Waals surface area contributed by atoms with Crippen molar-refractivity contribution in [3.8, 4) is 5.75 Å². The molecule has 2 aromatic rings. The summed E-state index contributed by atoms with van der Waals surface area (Å²) in [5.41, 5.74) is 0.300. The molecule has 0 radical (unpaired) electrons. The van der Waals surface area contributed by atoms with Gasteiger partial charge in [-0.3, -0.25) is 0 Å². The average molecular weight is 415 g/mol. The van der Waals surface area contributed by atoms with E-state index in [-0.39, 0.29) is 0 Å². The van der Waals surface area contributed by atoms with Gasteiger partial charge in [-0.25, -0.2) is 0 Å². The Morgan fingerprint density at radius 1 is 0.667 bits per heavy atom. The molecule has 0 fully saturated rings. The molecular formula is C26H38O4. The lowest BCUT2D eigenvalue weighted by molar-refractivity contribution is -0.415. The lowest BCUT2D eigenvalue weighted by Crippen LogP contribution is -2.63. The summed E-state index contributed by atoms with van der Waals surface area (Å²) in [6.45, 7) is 2.24. The predicted octanol–water partition coefficient (Wildman–Crippen LogP) is 6.39. The predicted molar refractivity (Wildman–Crippen MR) is 122 cm³/mol. The van der Waals surface area contributed by atoms with Gasteiger partial charge in [0.15, 0.2) is 5.60 Å². The third-order valence-electron chi connectivity index (χ3n) is 5.69. The summed E-state index contributed by atoms with van der Waals surface area (Å²) in [4.78, 5) is 0. The minimum absolute atomic E-state index is 0.604. The molecule has 0 aromatic heterocycles. The molecule has 166 valence electrons. The first kappa shape index (κ1) is 24.4. The molecule has 0 spiro atoms. The molecular weight excluding hydrogens is 376 g/mol. The Balaban J connectivity index is 2.37. The van der Waals surface area contributed by atoms with Gasteiger partial charge < -0.3 is 18.9 Å². The third-order valence-corrected chi connectivity index (χ3v) is 5.69. The van der Waals surface area contributed by atoms with Crippen LogP contribution in [0.15, 0.2) is 60.7 Å². The van der Waals surface area contributed by atoms with Gasteiger partial charge in [-0.1, -0.05) is 87.6 Å². The molecule has 0 aliphatic carbocycles. The zero-order chi connectivity index (χ0) is 21.7. The second-order valence-corrected chi connectivity index (χ2v) is 7.76. The molecule has 0 N–H and O–H groups in total. The van der Waals surface area contributed by atoms with Crippen LogP contribution in [0.4, 0.5) is 0 Å². The van der Waals surface area contributed by atoms with Gasteiger partial charge in [0.05, 0.1) is 0 Å². The van der Waals surface area contributed by atoms with Crippen molar-refractivity contribution < 1.29 is 18.9 Å². The van der Waals surface area contributed by atoms with Crippen molar-refractivity contribution >= 4 is 0 Å². The third kappa shape index (κ3) is 6.31. The van der Waals surface area contributed by atoms with Crippen LogP contribution in [0.25, 0.3) is 0 Å². The molecule has 30 heavy (non-hydrogen) atoms. The molecule has 1 unspecified atom stereocenters. The highest BCUT2D eigenvalue weighted by Gasteiger charge is 2.56. The maximum atomic E-state index is 6.70. The van der Waals surface area contributed by atoms with Crippen LogP contribution in [0.2, 0.25) is 0 Å². The standard InChI is InChI=1S/C26H38O4/c1-5-6-7-8-9-16-21-25(26(27-2,28-3)29-4,22-23-17-12-10-13-18-23)30-24-19-14-11-15-20-24/h10-15,17-20H,5-9,16,21-22H2,1-4H3. The van der Waals surface area contributed by atoms with E-state index in [1.807, 2.05) is 48.5 Å². The number of methoxy groups -OCH3 is 3. The van der Waals surface area contributed by atoms with E-state index < -0.39 is 11.6 Å². The summed E-state index contributed by atoms with van der Waals surface area (Å²) in [6.07, 6.45) is 8.52. The van der Waals surface area contributed by atoms with E-state index in [2.05, 4.69) is 19.1 Å². The van der Waals surface area contributed by atoms with Crippen LogP contribution in [0, 0.1) is 0 Å². The molecule has 0 aliphatic rings. The average Bonchev–Trinajstić information content (AvgIpc) is 2.79. The minimum atomic E-state index is -1.33. The van der Waals surface area contributed by atoms with E-state index in [4.69, 9.17) is 18.9 Å². The van der Waals surface area contributed by atoms with Gasteiger partial charge in [0.2, 0.25) is 0 Å². The lowest BCUT2D eigenvalue weighted by atomic mass is 9.85. The van der Waals surface area contributed by atoms with Crippen molar-refractivity contribution in [3.63, 3.8) is 0 Å². The van der Waals surface area contributed by atoms with E-state index >= 15 is 0 Å². The molecule has 0 saturated heterocycles. The van der Waals surface area contributed by atoms with E-state index in [9.17, 15) is 0 Å². The van der Waals surface area contributed by atoms with Gasteiger partial charge in [0.25, 0.3) is 0 Å². The van der Waals surface area contributed by atoms with Crippen LogP contribution >= 0.6 is 0 Å². The fourth-order valence-corrected chi connectivity index (χ4v) is 4.14. The second kappa shape index (κ2) is 12.7. The first-order valence-electron chi connectivity index (χ1n) is 11.1. The number of para-hydroxylation sites is 1. The van der Waals surface area contributed by atoms with Gasteiger partial charge in [0, 0.05) is 27.8 Å². The summed E-state index contributed by atoms with van der Waals surface area (Å²) >= 11 is 0. The van der Waals surface area contributed by atoms with Crippen molar-refractivity contribution in [2.24, 2.45) is 0 Å².